The van der Waals surface area contributed by atoms with Gasteiger partial charge in [-0.1, -0.05) is 6.07 Å². The van der Waals surface area contributed by atoms with Crippen LogP contribution >= 0.6 is 0 Å². The Balaban J connectivity index is 2.66. The first-order chi connectivity index (χ1) is 9.70. The molecule has 0 aliphatic rings. The van der Waals surface area contributed by atoms with E-state index in [0.29, 0.717) is 16.7 Å². The fraction of sp³-hybridized carbons (Fsp3) is 0.0833. The van der Waals surface area contributed by atoms with Crippen molar-refractivity contribution in [2.24, 2.45) is 0 Å². The molecule has 0 amide bonds. The molecule has 21 heavy (non-hydrogen) atoms. The van der Waals surface area contributed by atoms with Gasteiger partial charge in [0.25, 0.3) is 5.56 Å². The second-order valence-corrected chi connectivity index (χ2v) is 4.02. The molecule has 1 aromatic heterocycles. The van der Waals surface area contributed by atoms with Crippen molar-refractivity contribution in [1.82, 2.24) is 9.55 Å². The number of benzene rings is 1. The van der Waals surface area contributed by atoms with E-state index in [0.717, 1.165) is 18.2 Å². The van der Waals surface area contributed by atoms with E-state index in [1.54, 1.807) is 0 Å². The number of aromatic carboxylic acids is 1. The third kappa shape index (κ3) is 2.86. The summed E-state index contributed by atoms with van der Waals surface area (Å²) in [6.07, 6.45) is -4.63. The van der Waals surface area contributed by atoms with Gasteiger partial charge in [-0.05, 0) is 18.2 Å². The van der Waals surface area contributed by atoms with Gasteiger partial charge in [-0.2, -0.15) is 13.2 Å². The summed E-state index contributed by atoms with van der Waals surface area (Å²) >= 11 is 0. The zero-order chi connectivity index (χ0) is 15.8. The number of H-pyrrole nitrogens is 1. The van der Waals surface area contributed by atoms with Crippen molar-refractivity contribution >= 4 is 5.97 Å². The molecule has 0 bridgehead atoms. The van der Waals surface area contributed by atoms with E-state index in [1.807, 2.05) is 4.98 Å². The van der Waals surface area contributed by atoms with Gasteiger partial charge in [0.15, 0.2) is 0 Å². The molecule has 2 N–H and O–H groups in total. The summed E-state index contributed by atoms with van der Waals surface area (Å²) in [5, 5.41) is 8.68. The second kappa shape index (κ2) is 4.93. The standard InChI is InChI=1S/C12H7F3N2O4/c13-12(14,15)6-2-1-3-7(4-6)17-9(18)5-8(10(19)20)16-11(17)21/h1-5H,(H,16,21)(H,19,20). The Morgan fingerprint density at radius 3 is 2.38 bits per heavy atom. The number of carboxylic acids is 1. The Morgan fingerprint density at radius 2 is 1.86 bits per heavy atom. The van der Waals surface area contributed by atoms with E-state index < -0.39 is 34.7 Å². The summed E-state index contributed by atoms with van der Waals surface area (Å²) in [7, 11) is 0. The molecule has 0 saturated heterocycles. The molecule has 0 unspecified atom stereocenters. The normalized spacial score (nSPS) is 11.4. The average molecular weight is 300 g/mol. The Hall–Kier alpha value is -2.84. The molecule has 0 atom stereocenters. The number of carboxylic acid groups (broad SMARTS) is 1. The lowest BCUT2D eigenvalue weighted by molar-refractivity contribution is -0.137. The van der Waals surface area contributed by atoms with Gasteiger partial charge < -0.3 is 10.1 Å². The largest absolute Gasteiger partial charge is 0.477 e. The van der Waals surface area contributed by atoms with Crippen molar-refractivity contribution in [1.29, 1.82) is 0 Å². The first-order valence-electron chi connectivity index (χ1n) is 5.47. The fourth-order valence-corrected chi connectivity index (χ4v) is 1.68. The number of alkyl halides is 3. The fourth-order valence-electron chi connectivity index (χ4n) is 1.68. The number of aromatic amines is 1. The van der Waals surface area contributed by atoms with Crippen LogP contribution in [0.5, 0.6) is 0 Å². The zero-order valence-corrected chi connectivity index (χ0v) is 10.1. The molecule has 1 heterocycles. The van der Waals surface area contributed by atoms with Crippen molar-refractivity contribution in [2.45, 2.75) is 6.18 Å². The van der Waals surface area contributed by atoms with Crippen LogP contribution in [0, 0.1) is 0 Å². The van der Waals surface area contributed by atoms with Crippen molar-refractivity contribution in [2.75, 3.05) is 0 Å². The number of nitrogens with zero attached hydrogens (tertiary/aromatic N) is 1. The third-order valence-electron chi connectivity index (χ3n) is 2.59. The zero-order valence-electron chi connectivity index (χ0n) is 10.1. The lowest BCUT2D eigenvalue weighted by atomic mass is 10.2. The summed E-state index contributed by atoms with van der Waals surface area (Å²) in [5.74, 6) is -1.53. The molecule has 9 heteroatoms. The number of nitrogens with one attached hydrogen (secondary N) is 1. The summed E-state index contributed by atoms with van der Waals surface area (Å²) < 4.78 is 38.2. The van der Waals surface area contributed by atoms with Gasteiger partial charge in [0, 0.05) is 6.07 Å². The third-order valence-corrected chi connectivity index (χ3v) is 2.59. The van der Waals surface area contributed by atoms with Gasteiger partial charge in [-0.15, -0.1) is 0 Å². The molecule has 0 saturated carbocycles. The van der Waals surface area contributed by atoms with Crippen LogP contribution in [-0.4, -0.2) is 20.6 Å². The van der Waals surface area contributed by atoms with Crippen LogP contribution in [0.15, 0.2) is 39.9 Å². The minimum absolute atomic E-state index is 0.312. The van der Waals surface area contributed by atoms with Crippen LogP contribution in [0.25, 0.3) is 5.69 Å². The van der Waals surface area contributed by atoms with Gasteiger partial charge >= 0.3 is 17.8 Å². The van der Waals surface area contributed by atoms with E-state index in [-0.39, 0.29) is 5.69 Å². The van der Waals surface area contributed by atoms with E-state index >= 15 is 0 Å². The first-order valence-corrected chi connectivity index (χ1v) is 5.47. The molecule has 1 aromatic carbocycles. The van der Waals surface area contributed by atoms with Gasteiger partial charge in [-0.25, -0.2) is 14.2 Å². The lowest BCUT2D eigenvalue weighted by Crippen LogP contribution is -2.35. The van der Waals surface area contributed by atoms with Crippen LogP contribution in [0.1, 0.15) is 16.1 Å². The molecule has 0 aliphatic carbocycles. The number of rotatable bonds is 2. The van der Waals surface area contributed by atoms with E-state index in [4.69, 9.17) is 5.11 Å². The molecule has 110 valence electrons. The molecule has 2 rings (SSSR count). The monoisotopic (exact) mass is 300 g/mol. The molecule has 0 fully saturated rings. The first kappa shape index (κ1) is 14.6. The van der Waals surface area contributed by atoms with Crippen LogP contribution in [0.2, 0.25) is 0 Å². The van der Waals surface area contributed by atoms with Crippen molar-refractivity contribution in [3.05, 3.63) is 62.4 Å². The van der Waals surface area contributed by atoms with Crippen LogP contribution in [-0.2, 0) is 6.18 Å². The molecular weight excluding hydrogens is 293 g/mol. The Kier molecular flexibility index (Phi) is 3.42. The SMILES string of the molecule is O=C(O)c1cc(=O)n(-c2cccc(C(F)(F)F)c2)c(=O)[nH]1. The Bertz CT molecular complexity index is 789. The predicted molar refractivity (Wildman–Crippen MR) is 64.6 cm³/mol. The molecule has 0 spiro atoms. The number of hydrogen-bond donors (Lipinski definition) is 2. The molecule has 0 radical (unpaired) electrons. The smallest absolute Gasteiger partial charge is 0.416 e. The highest BCUT2D eigenvalue weighted by Crippen LogP contribution is 2.29. The summed E-state index contributed by atoms with van der Waals surface area (Å²) in [4.78, 5) is 36.0. The summed E-state index contributed by atoms with van der Waals surface area (Å²) in [6, 6.07) is 4.19. The number of carbonyl (C=O) groups is 1. The van der Waals surface area contributed by atoms with Gasteiger partial charge in [0.2, 0.25) is 0 Å². The summed E-state index contributed by atoms with van der Waals surface area (Å²) in [5.41, 5.74) is -4.18. The van der Waals surface area contributed by atoms with Crippen LogP contribution in [0.4, 0.5) is 13.2 Å². The minimum atomic E-state index is -4.63. The number of aromatic nitrogens is 2. The van der Waals surface area contributed by atoms with Gasteiger partial charge in [0.1, 0.15) is 5.69 Å². The number of halogens is 3. The quantitative estimate of drug-likeness (QED) is 0.873. The molecule has 6 nitrogen and oxygen atoms in total. The van der Waals surface area contributed by atoms with Gasteiger partial charge in [0.05, 0.1) is 11.3 Å². The number of hydrogen-bond acceptors (Lipinski definition) is 3. The Labute approximate surface area is 114 Å². The highest BCUT2D eigenvalue weighted by atomic mass is 19.4. The molecule has 2 aromatic rings. The maximum absolute atomic E-state index is 12.6. The highest BCUT2D eigenvalue weighted by molar-refractivity contribution is 5.84. The van der Waals surface area contributed by atoms with Crippen molar-refractivity contribution < 1.29 is 23.1 Å². The van der Waals surface area contributed by atoms with E-state index in [2.05, 4.69) is 0 Å². The minimum Gasteiger partial charge on any atom is -0.477 e. The topological polar surface area (TPSA) is 92.2 Å². The van der Waals surface area contributed by atoms with Crippen LogP contribution < -0.4 is 11.2 Å². The van der Waals surface area contributed by atoms with Crippen molar-refractivity contribution in [3.63, 3.8) is 0 Å². The maximum atomic E-state index is 12.6. The van der Waals surface area contributed by atoms with Gasteiger partial charge in [-0.3, -0.25) is 4.79 Å². The second-order valence-electron chi connectivity index (χ2n) is 4.02. The van der Waals surface area contributed by atoms with Crippen molar-refractivity contribution in [3.8, 4) is 5.69 Å². The lowest BCUT2D eigenvalue weighted by Gasteiger charge is -2.09. The van der Waals surface area contributed by atoms with E-state index in [1.165, 1.54) is 0 Å². The molecule has 0 aliphatic heterocycles. The predicted octanol–water partition coefficient (Wildman–Crippen LogP) is 1.24. The van der Waals surface area contributed by atoms with E-state index in [9.17, 15) is 27.6 Å². The van der Waals surface area contributed by atoms with Crippen LogP contribution in [0.3, 0.4) is 0 Å². The molecular formula is C12H7F3N2O4. The average Bonchev–Trinajstić information content (AvgIpc) is 2.37. The summed E-state index contributed by atoms with van der Waals surface area (Å²) in [6.45, 7) is 0. The maximum Gasteiger partial charge on any atom is 0.416 e. The highest BCUT2D eigenvalue weighted by Gasteiger charge is 2.30. The Morgan fingerprint density at radius 1 is 1.19 bits per heavy atom.